The number of anilines is 2. The van der Waals surface area contributed by atoms with Crippen LogP contribution in [0.5, 0.6) is 0 Å². The molecule has 1 N–H and O–H groups in total. The predicted octanol–water partition coefficient (Wildman–Crippen LogP) is 2.14. The Morgan fingerprint density at radius 1 is 1.32 bits per heavy atom. The zero-order valence-corrected chi connectivity index (χ0v) is 11.8. The van der Waals surface area contributed by atoms with Crippen molar-refractivity contribution in [2.75, 3.05) is 38.0 Å². The highest BCUT2D eigenvalue weighted by molar-refractivity contribution is 5.90. The molecule has 19 heavy (non-hydrogen) atoms. The molecule has 1 unspecified atom stereocenters. The number of aromatic nitrogens is 2. The van der Waals surface area contributed by atoms with Gasteiger partial charge in [-0.1, -0.05) is 12.1 Å². The number of hydrogen-bond acceptors (Lipinski definition) is 5. The molecule has 0 saturated carbocycles. The third-order valence-corrected chi connectivity index (χ3v) is 3.21. The topological polar surface area (TPSA) is 50.3 Å². The van der Waals surface area contributed by atoms with Crippen LogP contribution in [0.25, 0.3) is 10.9 Å². The number of para-hydroxylation sites is 1. The van der Waals surface area contributed by atoms with Gasteiger partial charge in [-0.3, -0.25) is 0 Å². The van der Waals surface area contributed by atoms with Crippen LogP contribution in [0.4, 0.5) is 11.8 Å². The second-order valence-electron chi connectivity index (χ2n) is 4.55. The highest BCUT2D eigenvalue weighted by Crippen LogP contribution is 2.25. The summed E-state index contributed by atoms with van der Waals surface area (Å²) in [6, 6.07) is 8.27. The van der Waals surface area contributed by atoms with Gasteiger partial charge in [-0.15, -0.1) is 0 Å². The van der Waals surface area contributed by atoms with E-state index in [0.717, 1.165) is 16.7 Å². The van der Waals surface area contributed by atoms with Crippen LogP contribution in [-0.2, 0) is 4.74 Å². The van der Waals surface area contributed by atoms with Crippen molar-refractivity contribution in [3.63, 3.8) is 0 Å². The minimum Gasteiger partial charge on any atom is -0.383 e. The number of benzene rings is 1. The smallest absolute Gasteiger partial charge is 0.224 e. The Labute approximate surface area is 113 Å². The second kappa shape index (κ2) is 5.84. The van der Waals surface area contributed by atoms with Crippen LogP contribution in [0.1, 0.15) is 6.92 Å². The molecule has 1 heterocycles. The van der Waals surface area contributed by atoms with Gasteiger partial charge in [0.05, 0.1) is 18.2 Å². The van der Waals surface area contributed by atoms with E-state index in [9.17, 15) is 0 Å². The van der Waals surface area contributed by atoms with Crippen molar-refractivity contribution in [3.8, 4) is 0 Å². The molecule has 0 saturated heterocycles. The summed E-state index contributed by atoms with van der Waals surface area (Å²) < 4.78 is 5.21. The average molecular weight is 260 g/mol. The lowest BCUT2D eigenvalue weighted by Gasteiger charge is -2.26. The quantitative estimate of drug-likeness (QED) is 0.892. The molecule has 5 heteroatoms. The van der Waals surface area contributed by atoms with Crippen LogP contribution in [0, 0.1) is 0 Å². The minimum absolute atomic E-state index is 0.244. The fourth-order valence-corrected chi connectivity index (χ4v) is 2.00. The first-order chi connectivity index (χ1) is 9.17. The van der Waals surface area contributed by atoms with Gasteiger partial charge in [0, 0.05) is 26.6 Å². The number of nitrogens with zero attached hydrogens (tertiary/aromatic N) is 3. The zero-order valence-electron chi connectivity index (χ0n) is 11.8. The molecule has 0 aliphatic rings. The van der Waals surface area contributed by atoms with E-state index in [1.165, 1.54) is 0 Å². The summed E-state index contributed by atoms with van der Waals surface area (Å²) in [5.74, 6) is 1.55. The van der Waals surface area contributed by atoms with Gasteiger partial charge in [0.1, 0.15) is 5.82 Å². The molecule has 2 aromatic rings. The molecule has 0 spiro atoms. The molecular formula is C14H20N4O. The normalized spacial score (nSPS) is 12.4. The summed E-state index contributed by atoms with van der Waals surface area (Å²) in [6.45, 7) is 2.77. The molecule has 0 amide bonds. The molecular weight excluding hydrogens is 240 g/mol. The van der Waals surface area contributed by atoms with Crippen molar-refractivity contribution < 1.29 is 4.74 Å². The number of fused-ring (bicyclic) bond motifs is 1. The van der Waals surface area contributed by atoms with Crippen molar-refractivity contribution in [3.05, 3.63) is 24.3 Å². The molecule has 0 radical (unpaired) electrons. The summed E-state index contributed by atoms with van der Waals surface area (Å²) in [5.41, 5.74) is 0.938. The third kappa shape index (κ3) is 2.76. The van der Waals surface area contributed by atoms with E-state index in [-0.39, 0.29) is 6.04 Å². The van der Waals surface area contributed by atoms with E-state index in [1.807, 2.05) is 38.4 Å². The maximum Gasteiger partial charge on any atom is 0.224 e. The molecule has 0 aliphatic carbocycles. The fourth-order valence-electron chi connectivity index (χ4n) is 2.00. The fraction of sp³-hybridized carbons (Fsp3) is 0.429. The molecule has 1 atom stereocenters. The lowest BCUT2D eigenvalue weighted by Crippen LogP contribution is -2.33. The van der Waals surface area contributed by atoms with Crippen molar-refractivity contribution >= 4 is 22.7 Å². The summed E-state index contributed by atoms with van der Waals surface area (Å²) in [5, 5.41) is 4.05. The monoisotopic (exact) mass is 260 g/mol. The summed E-state index contributed by atoms with van der Waals surface area (Å²) in [6.07, 6.45) is 0. The number of likely N-dealkylation sites (N-methyl/N-ethyl adjacent to an activating group) is 1. The van der Waals surface area contributed by atoms with Crippen molar-refractivity contribution in [2.24, 2.45) is 0 Å². The molecule has 0 aliphatic heterocycles. The number of hydrogen-bond donors (Lipinski definition) is 1. The van der Waals surface area contributed by atoms with E-state index < -0.39 is 0 Å². The Morgan fingerprint density at radius 3 is 2.74 bits per heavy atom. The standard InChI is InChI=1S/C14H20N4O/c1-10(9-19-4)18(3)13-11-7-5-6-8-12(11)16-14(15-2)17-13/h5-8,10H,9H2,1-4H3,(H,15,16,17). The lowest BCUT2D eigenvalue weighted by atomic mass is 10.2. The molecule has 5 nitrogen and oxygen atoms in total. The maximum atomic E-state index is 5.21. The Morgan fingerprint density at radius 2 is 2.05 bits per heavy atom. The van der Waals surface area contributed by atoms with Crippen LogP contribution in [-0.4, -0.2) is 43.8 Å². The first-order valence-electron chi connectivity index (χ1n) is 6.33. The van der Waals surface area contributed by atoms with Crippen molar-refractivity contribution in [2.45, 2.75) is 13.0 Å². The van der Waals surface area contributed by atoms with Crippen LogP contribution in [0.2, 0.25) is 0 Å². The van der Waals surface area contributed by atoms with Crippen LogP contribution < -0.4 is 10.2 Å². The predicted molar refractivity (Wildman–Crippen MR) is 78.8 cm³/mol. The Bertz CT molecular complexity index is 558. The highest BCUT2D eigenvalue weighted by Gasteiger charge is 2.15. The SMILES string of the molecule is CNc1nc(N(C)C(C)COC)c2ccccc2n1. The summed E-state index contributed by atoms with van der Waals surface area (Å²) >= 11 is 0. The third-order valence-electron chi connectivity index (χ3n) is 3.21. The molecule has 0 bridgehead atoms. The first-order valence-corrected chi connectivity index (χ1v) is 6.33. The number of methoxy groups -OCH3 is 1. The summed E-state index contributed by atoms with van der Waals surface area (Å²) in [4.78, 5) is 11.2. The van der Waals surface area contributed by atoms with E-state index in [2.05, 4.69) is 27.1 Å². The van der Waals surface area contributed by atoms with E-state index in [1.54, 1.807) is 7.11 Å². The van der Waals surface area contributed by atoms with E-state index >= 15 is 0 Å². The molecule has 102 valence electrons. The van der Waals surface area contributed by atoms with Gasteiger partial charge in [-0.25, -0.2) is 4.98 Å². The second-order valence-corrected chi connectivity index (χ2v) is 4.55. The summed E-state index contributed by atoms with van der Waals surface area (Å²) in [7, 11) is 5.56. The molecule has 1 aromatic heterocycles. The molecule has 2 rings (SSSR count). The highest BCUT2D eigenvalue weighted by atomic mass is 16.5. The van der Waals surface area contributed by atoms with Gasteiger partial charge in [-0.2, -0.15) is 4.98 Å². The number of ether oxygens (including phenoxy) is 1. The number of rotatable bonds is 5. The van der Waals surface area contributed by atoms with E-state index in [0.29, 0.717) is 12.6 Å². The van der Waals surface area contributed by atoms with E-state index in [4.69, 9.17) is 4.74 Å². The van der Waals surface area contributed by atoms with Crippen molar-refractivity contribution in [1.29, 1.82) is 0 Å². The van der Waals surface area contributed by atoms with Gasteiger partial charge < -0.3 is 15.0 Å². The van der Waals surface area contributed by atoms with Gasteiger partial charge in [0.15, 0.2) is 0 Å². The van der Waals surface area contributed by atoms with Gasteiger partial charge in [-0.05, 0) is 19.1 Å². The molecule has 1 aromatic carbocycles. The molecule has 0 fully saturated rings. The Hall–Kier alpha value is -1.88. The number of nitrogens with one attached hydrogen (secondary N) is 1. The van der Waals surface area contributed by atoms with Crippen LogP contribution >= 0.6 is 0 Å². The maximum absolute atomic E-state index is 5.21. The van der Waals surface area contributed by atoms with Crippen LogP contribution in [0.15, 0.2) is 24.3 Å². The Kier molecular flexibility index (Phi) is 4.16. The Balaban J connectivity index is 2.51. The minimum atomic E-state index is 0.244. The largest absolute Gasteiger partial charge is 0.383 e. The average Bonchev–Trinajstić information content (AvgIpc) is 2.45. The van der Waals surface area contributed by atoms with Crippen molar-refractivity contribution in [1.82, 2.24) is 9.97 Å². The lowest BCUT2D eigenvalue weighted by molar-refractivity contribution is 0.183. The van der Waals surface area contributed by atoms with Gasteiger partial charge in [0.2, 0.25) is 5.95 Å². The zero-order chi connectivity index (χ0) is 13.8. The first kappa shape index (κ1) is 13.5. The van der Waals surface area contributed by atoms with Crippen LogP contribution in [0.3, 0.4) is 0 Å². The van der Waals surface area contributed by atoms with Gasteiger partial charge in [0.25, 0.3) is 0 Å². The van der Waals surface area contributed by atoms with Gasteiger partial charge >= 0.3 is 0 Å².